The van der Waals surface area contributed by atoms with Crippen molar-refractivity contribution >= 4 is 22.9 Å². The SMILES string of the molecule is Cc1oc(COc2ccc(OCc3ccccc3)cc2)nc1CCOc1ccc(CC2SC(=O)NC2=O)cc1. The van der Waals surface area contributed by atoms with Gasteiger partial charge in [0.15, 0.2) is 6.61 Å². The van der Waals surface area contributed by atoms with Crippen LogP contribution in [0.25, 0.3) is 0 Å². The number of carbonyl (C=O) groups is 2. The summed E-state index contributed by atoms with van der Waals surface area (Å²) in [5.74, 6) is 3.19. The van der Waals surface area contributed by atoms with Crippen molar-refractivity contribution in [1.82, 2.24) is 10.3 Å². The highest BCUT2D eigenvalue weighted by Gasteiger charge is 2.31. The normalized spacial score (nSPS) is 14.7. The van der Waals surface area contributed by atoms with Crippen LogP contribution in [-0.2, 0) is 30.8 Å². The Kier molecular flexibility index (Phi) is 8.48. The first-order chi connectivity index (χ1) is 19.0. The smallest absolute Gasteiger partial charge is 0.286 e. The fourth-order valence-electron chi connectivity index (χ4n) is 4.03. The molecule has 4 aromatic rings. The molecule has 1 aliphatic rings. The molecule has 0 bridgehead atoms. The largest absolute Gasteiger partial charge is 0.493 e. The number of aromatic nitrogens is 1. The van der Waals surface area contributed by atoms with Gasteiger partial charge in [0.2, 0.25) is 11.8 Å². The molecule has 1 fully saturated rings. The zero-order valence-electron chi connectivity index (χ0n) is 21.4. The van der Waals surface area contributed by atoms with Gasteiger partial charge in [0, 0.05) is 6.42 Å². The van der Waals surface area contributed by atoms with E-state index in [2.05, 4.69) is 10.3 Å². The van der Waals surface area contributed by atoms with Crippen LogP contribution in [0, 0.1) is 6.92 Å². The maximum atomic E-state index is 11.7. The van der Waals surface area contributed by atoms with E-state index in [1.807, 2.05) is 85.8 Å². The van der Waals surface area contributed by atoms with Crippen LogP contribution in [0.2, 0.25) is 0 Å². The lowest BCUT2D eigenvalue weighted by Gasteiger charge is -2.08. The summed E-state index contributed by atoms with van der Waals surface area (Å²) in [5.41, 5.74) is 2.90. The standard InChI is InChI=1S/C30H28N2O6S/c1-20-26(15-16-35-23-9-7-21(8-10-23)17-27-29(33)32-30(34)39-27)31-28(38-20)19-37-25-13-11-24(12-14-25)36-18-22-5-3-2-4-6-22/h2-14,27H,15-19H2,1H3,(H,32,33,34). The first-order valence-corrected chi connectivity index (χ1v) is 13.5. The maximum Gasteiger partial charge on any atom is 0.286 e. The number of hydrogen-bond donors (Lipinski definition) is 1. The van der Waals surface area contributed by atoms with E-state index < -0.39 is 0 Å². The number of carbonyl (C=O) groups excluding carboxylic acids is 2. The van der Waals surface area contributed by atoms with E-state index in [0.717, 1.165) is 45.8 Å². The Morgan fingerprint density at radius 1 is 0.821 bits per heavy atom. The minimum Gasteiger partial charge on any atom is -0.493 e. The molecule has 0 radical (unpaired) electrons. The number of nitrogens with zero attached hydrogens (tertiary/aromatic N) is 1. The van der Waals surface area contributed by atoms with Gasteiger partial charge in [-0.3, -0.25) is 14.9 Å². The van der Waals surface area contributed by atoms with E-state index >= 15 is 0 Å². The molecule has 1 N–H and O–H groups in total. The van der Waals surface area contributed by atoms with E-state index in [1.165, 1.54) is 0 Å². The highest BCUT2D eigenvalue weighted by Crippen LogP contribution is 2.24. The number of rotatable bonds is 12. The maximum absolute atomic E-state index is 11.7. The molecule has 0 aliphatic carbocycles. The van der Waals surface area contributed by atoms with Crippen molar-refractivity contribution in [1.29, 1.82) is 0 Å². The van der Waals surface area contributed by atoms with Gasteiger partial charge < -0.3 is 18.6 Å². The molecule has 200 valence electrons. The molecule has 39 heavy (non-hydrogen) atoms. The van der Waals surface area contributed by atoms with Crippen molar-refractivity contribution < 1.29 is 28.2 Å². The molecule has 1 atom stereocenters. The van der Waals surface area contributed by atoms with Crippen LogP contribution < -0.4 is 19.5 Å². The lowest BCUT2D eigenvalue weighted by Crippen LogP contribution is -2.25. The van der Waals surface area contributed by atoms with Crippen molar-refractivity contribution in [3.8, 4) is 17.2 Å². The number of hydrogen-bond acceptors (Lipinski definition) is 8. The molecule has 1 unspecified atom stereocenters. The van der Waals surface area contributed by atoms with Gasteiger partial charge in [0.1, 0.15) is 29.6 Å². The van der Waals surface area contributed by atoms with Gasteiger partial charge in [-0.05, 0) is 60.9 Å². The summed E-state index contributed by atoms with van der Waals surface area (Å²) in [5, 5.41) is 1.64. The Labute approximate surface area is 230 Å². The molecule has 1 saturated heterocycles. The van der Waals surface area contributed by atoms with Crippen LogP contribution >= 0.6 is 11.8 Å². The quantitative estimate of drug-likeness (QED) is 0.244. The molecular weight excluding hydrogens is 516 g/mol. The number of amides is 2. The van der Waals surface area contributed by atoms with Gasteiger partial charge in [0.05, 0.1) is 17.6 Å². The molecule has 3 aromatic carbocycles. The van der Waals surface area contributed by atoms with Gasteiger partial charge in [-0.15, -0.1) is 0 Å². The van der Waals surface area contributed by atoms with E-state index in [4.69, 9.17) is 18.6 Å². The Morgan fingerprint density at radius 3 is 2.13 bits per heavy atom. The molecule has 9 heteroatoms. The van der Waals surface area contributed by atoms with Gasteiger partial charge in [-0.25, -0.2) is 4.98 Å². The molecule has 1 aliphatic heterocycles. The second kappa shape index (κ2) is 12.5. The predicted molar refractivity (Wildman–Crippen MR) is 147 cm³/mol. The molecule has 2 heterocycles. The summed E-state index contributed by atoms with van der Waals surface area (Å²) in [6, 6.07) is 25.0. The van der Waals surface area contributed by atoms with Crippen molar-refractivity contribution in [2.24, 2.45) is 0 Å². The number of nitrogens with one attached hydrogen (secondary N) is 1. The van der Waals surface area contributed by atoms with Crippen LogP contribution in [0.1, 0.15) is 28.5 Å². The monoisotopic (exact) mass is 544 g/mol. The second-order valence-electron chi connectivity index (χ2n) is 8.97. The number of thioether (sulfide) groups is 1. The average Bonchev–Trinajstić information content (AvgIpc) is 3.47. The summed E-state index contributed by atoms with van der Waals surface area (Å²) < 4.78 is 23.3. The van der Waals surface area contributed by atoms with Gasteiger partial charge >= 0.3 is 0 Å². The average molecular weight is 545 g/mol. The third kappa shape index (κ3) is 7.42. The fraction of sp³-hybridized carbons (Fsp3) is 0.233. The van der Waals surface area contributed by atoms with E-state index in [9.17, 15) is 9.59 Å². The zero-order chi connectivity index (χ0) is 27.0. The van der Waals surface area contributed by atoms with Crippen LogP contribution in [0.15, 0.2) is 83.3 Å². The fourth-order valence-corrected chi connectivity index (χ4v) is 4.89. The number of benzene rings is 3. The topological polar surface area (TPSA) is 99.9 Å². The van der Waals surface area contributed by atoms with Crippen molar-refractivity contribution in [3.63, 3.8) is 0 Å². The Morgan fingerprint density at radius 2 is 1.46 bits per heavy atom. The third-order valence-electron chi connectivity index (χ3n) is 6.09. The lowest BCUT2D eigenvalue weighted by molar-refractivity contribution is -0.118. The molecule has 1 aromatic heterocycles. The summed E-state index contributed by atoms with van der Waals surface area (Å²) in [4.78, 5) is 27.6. The van der Waals surface area contributed by atoms with Crippen LogP contribution in [-0.4, -0.2) is 28.0 Å². The number of oxazole rings is 1. The van der Waals surface area contributed by atoms with Gasteiger partial charge in [-0.1, -0.05) is 54.2 Å². The highest BCUT2D eigenvalue weighted by molar-refractivity contribution is 8.15. The Balaban J connectivity index is 1.04. The van der Waals surface area contributed by atoms with Crippen molar-refractivity contribution in [3.05, 3.63) is 107 Å². The molecule has 0 spiro atoms. The molecule has 0 saturated carbocycles. The minimum absolute atomic E-state index is 0.219. The third-order valence-corrected chi connectivity index (χ3v) is 7.07. The summed E-state index contributed by atoms with van der Waals surface area (Å²) in [7, 11) is 0. The molecule has 5 rings (SSSR count). The minimum atomic E-state index is -0.379. The molecule has 2 amide bonds. The summed E-state index contributed by atoms with van der Waals surface area (Å²) in [6.45, 7) is 3.04. The Hall–Kier alpha value is -4.24. The number of ether oxygens (including phenoxy) is 3. The van der Waals surface area contributed by atoms with Gasteiger partial charge in [-0.2, -0.15) is 0 Å². The molecule has 8 nitrogen and oxygen atoms in total. The van der Waals surface area contributed by atoms with Crippen molar-refractivity contribution in [2.45, 2.75) is 38.2 Å². The predicted octanol–water partition coefficient (Wildman–Crippen LogP) is 5.66. The van der Waals surface area contributed by atoms with Crippen LogP contribution in [0.3, 0.4) is 0 Å². The summed E-state index contributed by atoms with van der Waals surface area (Å²) >= 11 is 1.03. The van der Waals surface area contributed by atoms with Crippen LogP contribution in [0.4, 0.5) is 4.79 Å². The summed E-state index contributed by atoms with van der Waals surface area (Å²) in [6.07, 6.45) is 1.09. The molecular formula is C30H28N2O6S. The van der Waals surface area contributed by atoms with E-state index in [0.29, 0.717) is 37.7 Å². The number of aryl methyl sites for hydroxylation is 1. The second-order valence-corrected chi connectivity index (χ2v) is 10.2. The first-order valence-electron chi connectivity index (χ1n) is 12.6. The van der Waals surface area contributed by atoms with Gasteiger partial charge in [0.25, 0.3) is 5.24 Å². The highest BCUT2D eigenvalue weighted by atomic mass is 32.2. The van der Waals surface area contributed by atoms with Crippen molar-refractivity contribution in [2.75, 3.05) is 6.61 Å². The zero-order valence-corrected chi connectivity index (χ0v) is 22.2. The first kappa shape index (κ1) is 26.4. The Bertz CT molecular complexity index is 1400. The van der Waals surface area contributed by atoms with E-state index in [1.54, 1.807) is 0 Å². The lowest BCUT2D eigenvalue weighted by atomic mass is 10.1. The van der Waals surface area contributed by atoms with E-state index in [-0.39, 0.29) is 23.0 Å². The van der Waals surface area contributed by atoms with Crippen LogP contribution in [0.5, 0.6) is 17.2 Å². The number of imide groups is 1.